The maximum Gasteiger partial charge on any atom is 0.472 e. The van der Waals surface area contributed by atoms with Gasteiger partial charge in [-0.25, -0.2) is 4.57 Å². The lowest BCUT2D eigenvalue weighted by Gasteiger charge is -2.19. The minimum Gasteiger partial charge on any atom is -0.462 e. The van der Waals surface area contributed by atoms with Crippen molar-refractivity contribution in [1.29, 1.82) is 0 Å². The van der Waals surface area contributed by atoms with Crippen LogP contribution in [0.15, 0.2) is 60.8 Å². The molecule has 0 fully saturated rings. The molecule has 0 bridgehead atoms. The molecule has 312 valence electrons. The van der Waals surface area contributed by atoms with Crippen LogP contribution in [0.25, 0.3) is 0 Å². The van der Waals surface area contributed by atoms with Crippen LogP contribution in [0.5, 0.6) is 0 Å². The molecule has 10 heteroatoms. The minimum absolute atomic E-state index is 0.0408. The van der Waals surface area contributed by atoms with Crippen LogP contribution in [0.3, 0.4) is 0 Å². The molecule has 2 atom stereocenters. The molecule has 0 rings (SSSR count). The first-order chi connectivity index (χ1) is 26.3. The molecular weight excluding hydrogens is 701 g/mol. The Morgan fingerprint density at radius 1 is 0.556 bits per heavy atom. The van der Waals surface area contributed by atoms with Crippen LogP contribution in [0, 0.1) is 0 Å². The Morgan fingerprint density at radius 3 is 1.50 bits per heavy atom. The van der Waals surface area contributed by atoms with Crippen molar-refractivity contribution in [2.24, 2.45) is 5.73 Å². The Balaban J connectivity index is 4.30. The van der Waals surface area contributed by atoms with Crippen molar-refractivity contribution in [1.82, 2.24) is 0 Å². The molecule has 0 aromatic carbocycles. The first-order valence-electron chi connectivity index (χ1n) is 21.3. The van der Waals surface area contributed by atoms with Crippen molar-refractivity contribution in [2.75, 3.05) is 26.4 Å². The lowest BCUT2D eigenvalue weighted by atomic mass is 10.0. The molecule has 0 radical (unpaired) electrons. The number of allylic oxidation sites excluding steroid dienone is 10. The molecule has 9 nitrogen and oxygen atoms in total. The van der Waals surface area contributed by atoms with Gasteiger partial charge in [0.1, 0.15) is 6.61 Å². The predicted octanol–water partition coefficient (Wildman–Crippen LogP) is 12.1. The summed E-state index contributed by atoms with van der Waals surface area (Å²) >= 11 is 0. The van der Waals surface area contributed by atoms with Crippen LogP contribution in [-0.2, 0) is 32.7 Å². The van der Waals surface area contributed by atoms with Gasteiger partial charge in [0, 0.05) is 19.4 Å². The Morgan fingerprint density at radius 2 is 1.00 bits per heavy atom. The number of carbonyl (C=O) groups is 2. The molecule has 0 saturated heterocycles. The van der Waals surface area contributed by atoms with Gasteiger partial charge in [-0.2, -0.15) is 0 Å². The van der Waals surface area contributed by atoms with E-state index in [1.807, 2.05) is 12.2 Å². The largest absolute Gasteiger partial charge is 0.472 e. The summed E-state index contributed by atoms with van der Waals surface area (Å²) in [6.07, 6.45) is 46.9. The van der Waals surface area contributed by atoms with Crippen molar-refractivity contribution in [3.63, 3.8) is 0 Å². The summed E-state index contributed by atoms with van der Waals surface area (Å²) in [6, 6.07) is 0. The summed E-state index contributed by atoms with van der Waals surface area (Å²) in [7, 11) is -4.40. The third-order valence-corrected chi connectivity index (χ3v) is 9.65. The molecule has 0 saturated carbocycles. The molecule has 0 aliphatic carbocycles. The summed E-state index contributed by atoms with van der Waals surface area (Å²) in [6.45, 7) is 3.61. The van der Waals surface area contributed by atoms with E-state index in [4.69, 9.17) is 24.3 Å². The summed E-state index contributed by atoms with van der Waals surface area (Å²) in [5.41, 5.74) is 5.34. The van der Waals surface area contributed by atoms with Crippen molar-refractivity contribution >= 4 is 19.8 Å². The number of esters is 2. The molecule has 1 unspecified atom stereocenters. The lowest BCUT2D eigenvalue weighted by molar-refractivity contribution is -0.161. The number of carbonyl (C=O) groups excluding carboxylic acids is 2. The highest BCUT2D eigenvalue weighted by atomic mass is 31.2. The van der Waals surface area contributed by atoms with Gasteiger partial charge in [-0.1, -0.05) is 171 Å². The van der Waals surface area contributed by atoms with Gasteiger partial charge in [0.25, 0.3) is 0 Å². The second kappa shape index (κ2) is 40.4. The number of hydrogen-bond acceptors (Lipinski definition) is 8. The minimum atomic E-state index is -4.40. The standard InChI is InChI=1S/C44H78NO8P/c1-3-5-7-9-11-13-15-17-19-20-21-22-23-25-27-29-31-33-35-37-44(47)53-42(41-52-54(48,49)51-39-38-45)40-50-43(46)36-34-32-30-28-26-24-18-16-14-12-10-8-6-4-2/h11,13,17,19,21-22,25,27,31,33,42H,3-10,12,14-16,18,20,23-24,26,28-30,32,34-41,45H2,1-2H3,(H,48,49)/b13-11+,19-17+,22-21+,27-25+,33-31+/t42-/m1/s1. The quantitative estimate of drug-likeness (QED) is 0.0270. The van der Waals surface area contributed by atoms with Gasteiger partial charge in [0.2, 0.25) is 0 Å². The number of unbranched alkanes of at least 4 members (excludes halogenated alkanes) is 16. The van der Waals surface area contributed by atoms with Crippen LogP contribution in [0.1, 0.15) is 174 Å². The van der Waals surface area contributed by atoms with E-state index < -0.39 is 32.5 Å². The Bertz CT molecular complexity index is 1070. The molecule has 0 aromatic rings. The highest BCUT2D eigenvalue weighted by Crippen LogP contribution is 2.43. The van der Waals surface area contributed by atoms with E-state index in [0.29, 0.717) is 6.42 Å². The Labute approximate surface area is 329 Å². The molecular formula is C44H78NO8P. The van der Waals surface area contributed by atoms with Gasteiger partial charge in [-0.3, -0.25) is 18.6 Å². The number of ether oxygens (including phenoxy) is 2. The maximum atomic E-state index is 12.5. The Hall–Kier alpha value is -2.29. The van der Waals surface area contributed by atoms with E-state index >= 15 is 0 Å². The van der Waals surface area contributed by atoms with E-state index in [-0.39, 0.29) is 32.6 Å². The number of nitrogens with two attached hydrogens (primary N) is 1. The molecule has 0 heterocycles. The third-order valence-electron chi connectivity index (χ3n) is 8.67. The maximum absolute atomic E-state index is 12.5. The Kier molecular flexibility index (Phi) is 38.7. The normalized spacial score (nSPS) is 13.9. The van der Waals surface area contributed by atoms with Gasteiger partial charge in [0.15, 0.2) is 6.10 Å². The number of phosphoric acid groups is 1. The second-order valence-electron chi connectivity index (χ2n) is 13.9. The van der Waals surface area contributed by atoms with Crippen LogP contribution in [0.2, 0.25) is 0 Å². The summed E-state index contributed by atoms with van der Waals surface area (Å²) < 4.78 is 32.7. The van der Waals surface area contributed by atoms with Crippen molar-refractivity contribution < 1.29 is 37.6 Å². The highest BCUT2D eigenvalue weighted by molar-refractivity contribution is 7.47. The van der Waals surface area contributed by atoms with Crippen LogP contribution < -0.4 is 5.73 Å². The molecule has 0 aromatic heterocycles. The highest BCUT2D eigenvalue weighted by Gasteiger charge is 2.25. The molecule has 0 spiro atoms. The number of rotatable bonds is 39. The lowest BCUT2D eigenvalue weighted by Crippen LogP contribution is -2.29. The molecule has 0 aliphatic rings. The van der Waals surface area contributed by atoms with Gasteiger partial charge < -0.3 is 20.1 Å². The summed E-state index contributed by atoms with van der Waals surface area (Å²) in [5, 5.41) is 0. The smallest absolute Gasteiger partial charge is 0.462 e. The summed E-state index contributed by atoms with van der Waals surface area (Å²) in [5.74, 6) is -0.925. The molecule has 0 aliphatic heterocycles. The molecule has 0 amide bonds. The molecule has 3 N–H and O–H groups in total. The zero-order chi connectivity index (χ0) is 39.6. The van der Waals surface area contributed by atoms with Gasteiger partial charge in [-0.05, 0) is 51.4 Å². The van der Waals surface area contributed by atoms with Crippen LogP contribution in [-0.4, -0.2) is 49.3 Å². The number of phosphoric ester groups is 1. The first kappa shape index (κ1) is 51.7. The van der Waals surface area contributed by atoms with Gasteiger partial charge >= 0.3 is 19.8 Å². The average molecular weight is 780 g/mol. The fourth-order valence-corrected chi connectivity index (χ4v) is 6.26. The second-order valence-corrected chi connectivity index (χ2v) is 15.3. The zero-order valence-corrected chi connectivity index (χ0v) is 35.1. The monoisotopic (exact) mass is 780 g/mol. The SMILES string of the molecule is CCCCC/C=C/C/C=C/C/C=C/C/C=C/C/C=C/CCC(=O)O[C@H](COC(=O)CCCCCCCCCCCCCCCC)COP(=O)(O)OCCN. The fraction of sp³-hybridized carbons (Fsp3) is 0.727. The van der Waals surface area contributed by atoms with E-state index in [1.54, 1.807) is 0 Å². The van der Waals surface area contributed by atoms with E-state index in [1.165, 1.54) is 96.3 Å². The van der Waals surface area contributed by atoms with Crippen molar-refractivity contribution in [3.8, 4) is 0 Å². The zero-order valence-electron chi connectivity index (χ0n) is 34.2. The fourth-order valence-electron chi connectivity index (χ4n) is 5.50. The average Bonchev–Trinajstić information content (AvgIpc) is 3.16. The van der Waals surface area contributed by atoms with E-state index in [2.05, 4.69) is 62.5 Å². The van der Waals surface area contributed by atoms with Gasteiger partial charge in [-0.15, -0.1) is 0 Å². The topological polar surface area (TPSA) is 134 Å². The molecule has 54 heavy (non-hydrogen) atoms. The van der Waals surface area contributed by atoms with Crippen LogP contribution >= 0.6 is 7.82 Å². The van der Waals surface area contributed by atoms with Crippen molar-refractivity contribution in [2.45, 2.75) is 180 Å². The third kappa shape index (κ3) is 39.4. The first-order valence-corrected chi connectivity index (χ1v) is 22.8. The van der Waals surface area contributed by atoms with Gasteiger partial charge in [0.05, 0.1) is 13.2 Å². The summed E-state index contributed by atoms with van der Waals surface area (Å²) in [4.78, 5) is 34.8. The van der Waals surface area contributed by atoms with E-state index in [9.17, 15) is 19.0 Å². The van der Waals surface area contributed by atoms with Crippen molar-refractivity contribution in [3.05, 3.63) is 60.8 Å². The van der Waals surface area contributed by atoms with E-state index in [0.717, 1.165) is 44.9 Å². The van der Waals surface area contributed by atoms with Crippen LogP contribution in [0.4, 0.5) is 0 Å². The number of hydrogen-bond donors (Lipinski definition) is 2. The predicted molar refractivity (Wildman–Crippen MR) is 224 cm³/mol.